The van der Waals surface area contributed by atoms with E-state index in [1.165, 1.54) is 38.5 Å². The van der Waals surface area contributed by atoms with Crippen LogP contribution in [0.3, 0.4) is 0 Å². The molecule has 0 spiro atoms. The van der Waals surface area contributed by atoms with E-state index in [0.717, 1.165) is 43.1 Å². The first-order chi connectivity index (χ1) is 12.3. The van der Waals surface area contributed by atoms with Crippen LogP contribution in [0.2, 0.25) is 0 Å². The molecule has 1 aromatic rings. The molecule has 11 heteroatoms. The summed E-state index contributed by atoms with van der Waals surface area (Å²) in [5.41, 5.74) is 9.03. The molecule has 0 amide bonds. The van der Waals surface area contributed by atoms with Crippen molar-refractivity contribution in [1.82, 2.24) is 26.1 Å². The quantitative estimate of drug-likeness (QED) is 0.300. The molecule has 2 N–H and O–H groups in total. The third kappa shape index (κ3) is 11.4. The van der Waals surface area contributed by atoms with Gasteiger partial charge in [0.25, 0.3) is 0 Å². The Kier molecular flexibility index (Phi) is 18.2. The van der Waals surface area contributed by atoms with E-state index < -0.39 is 0 Å². The summed E-state index contributed by atoms with van der Waals surface area (Å²) in [7, 11) is 0. The first kappa shape index (κ1) is 30.7. The molecule has 0 aliphatic carbocycles. The number of hydrazone groups is 2. The average molecular weight is 501 g/mol. The first-order valence-electron chi connectivity index (χ1n) is 9.36. The molecular formula is C18H29Cl3N7V-3. The first-order valence-corrected chi connectivity index (χ1v) is 9.36. The largest absolute Gasteiger partial charge is 1.00 e. The zero-order valence-electron chi connectivity index (χ0n) is 16.7. The van der Waals surface area contributed by atoms with Gasteiger partial charge in [-0.15, -0.1) is 0 Å². The molecule has 0 aromatic carbocycles. The number of nitrogens with zero attached hydrogens (tertiary/aromatic N) is 5. The monoisotopic (exact) mass is 499 g/mol. The van der Waals surface area contributed by atoms with Gasteiger partial charge in [-0.05, 0) is 50.3 Å². The summed E-state index contributed by atoms with van der Waals surface area (Å²) in [6, 6.07) is 4.05. The molecule has 1 aromatic heterocycles. The summed E-state index contributed by atoms with van der Waals surface area (Å²) in [4.78, 5) is 4.58. The van der Waals surface area contributed by atoms with E-state index in [-0.39, 0.29) is 55.8 Å². The fraction of sp³-hybridized carbons (Fsp3) is 0.611. The molecule has 2 aliphatic rings. The van der Waals surface area contributed by atoms with Crippen molar-refractivity contribution in [3.63, 3.8) is 0 Å². The van der Waals surface area contributed by atoms with Crippen LogP contribution >= 0.6 is 0 Å². The van der Waals surface area contributed by atoms with Gasteiger partial charge in [-0.25, -0.2) is 26.1 Å². The number of hydrogen-bond donors (Lipinski definition) is 2. The van der Waals surface area contributed by atoms with Crippen LogP contribution < -0.4 is 48.3 Å². The predicted molar refractivity (Wildman–Crippen MR) is 101 cm³/mol. The van der Waals surface area contributed by atoms with Crippen molar-refractivity contribution in [2.24, 2.45) is 10.2 Å². The zero-order valence-corrected chi connectivity index (χ0v) is 20.4. The van der Waals surface area contributed by atoms with Gasteiger partial charge in [-0.3, -0.25) is 0 Å². The third-order valence-corrected chi connectivity index (χ3v) is 4.51. The smallest absolute Gasteiger partial charge is 0.0841 e. The van der Waals surface area contributed by atoms with Gasteiger partial charge in [0.15, 0.2) is 0 Å². The molecule has 7 nitrogen and oxygen atoms in total. The minimum Gasteiger partial charge on any atom is -1.00 e. The van der Waals surface area contributed by atoms with Crippen molar-refractivity contribution in [2.75, 3.05) is 26.2 Å². The van der Waals surface area contributed by atoms with Gasteiger partial charge < -0.3 is 37.2 Å². The maximum absolute atomic E-state index is 4.58. The number of piperidine rings is 2. The van der Waals surface area contributed by atoms with Crippen LogP contribution in [0.25, 0.3) is 0 Å². The molecule has 0 bridgehead atoms. The number of hydrogen-bond acceptors (Lipinski definition) is 7. The Morgan fingerprint density at radius 3 is 1.52 bits per heavy atom. The van der Waals surface area contributed by atoms with Crippen LogP contribution in [0.15, 0.2) is 22.3 Å². The standard InChI is InChI=1S/C18H29N7.3ClH.V/c1-16-12-17(14-19-22-24-8-4-2-5-9-24)21-18(13-16)15-20-23-25-10-6-3-7-11-25;;;;/h12-15,22-23H,2-11H2,1H3;3*1H;/p-3. The van der Waals surface area contributed by atoms with E-state index in [0.29, 0.717) is 0 Å². The van der Waals surface area contributed by atoms with Crippen molar-refractivity contribution in [3.05, 3.63) is 29.1 Å². The molecule has 3 rings (SSSR count). The number of halogens is 3. The van der Waals surface area contributed by atoms with Crippen molar-refractivity contribution in [1.29, 1.82) is 0 Å². The van der Waals surface area contributed by atoms with Crippen LogP contribution in [-0.4, -0.2) is 53.6 Å². The maximum atomic E-state index is 4.58. The zero-order chi connectivity index (χ0) is 17.3. The summed E-state index contributed by atoms with van der Waals surface area (Å²) >= 11 is 0. The summed E-state index contributed by atoms with van der Waals surface area (Å²) in [5, 5.41) is 12.9. The second kappa shape index (κ2) is 17.2. The molecule has 1 radical (unpaired) electrons. The summed E-state index contributed by atoms with van der Waals surface area (Å²) in [5.74, 6) is 0. The number of aryl methyl sites for hydroxylation is 1. The average Bonchev–Trinajstić information content (AvgIpc) is 2.63. The molecule has 165 valence electrons. The molecule has 3 heterocycles. The van der Waals surface area contributed by atoms with Gasteiger partial charge in [0, 0.05) is 44.7 Å². The SMILES string of the molecule is Cc1cc(C=NNN2CCCCC2)nc(C=NNN2CCCCC2)c1.[Cl-].[Cl-].[Cl-].[V]. The second-order valence-corrected chi connectivity index (χ2v) is 6.81. The Morgan fingerprint density at radius 2 is 1.14 bits per heavy atom. The van der Waals surface area contributed by atoms with Crippen LogP contribution in [0.4, 0.5) is 0 Å². The van der Waals surface area contributed by atoms with Crippen molar-refractivity contribution < 1.29 is 55.8 Å². The van der Waals surface area contributed by atoms with Gasteiger partial charge in [-0.2, -0.15) is 10.2 Å². The summed E-state index contributed by atoms with van der Waals surface area (Å²) in [6.07, 6.45) is 11.1. The minimum atomic E-state index is 0. The fourth-order valence-corrected chi connectivity index (χ4v) is 3.20. The number of pyridine rings is 1. The van der Waals surface area contributed by atoms with Crippen molar-refractivity contribution >= 4 is 12.4 Å². The van der Waals surface area contributed by atoms with E-state index >= 15 is 0 Å². The van der Waals surface area contributed by atoms with Gasteiger partial charge >= 0.3 is 0 Å². The van der Waals surface area contributed by atoms with E-state index in [1.807, 2.05) is 12.1 Å². The number of nitrogens with one attached hydrogen (secondary N) is 2. The normalized spacial score (nSPS) is 17.6. The molecule has 2 saturated heterocycles. The molecule has 2 aliphatic heterocycles. The van der Waals surface area contributed by atoms with E-state index in [4.69, 9.17) is 0 Å². The fourth-order valence-electron chi connectivity index (χ4n) is 3.20. The van der Waals surface area contributed by atoms with E-state index in [2.05, 4.69) is 43.2 Å². The molecule has 0 unspecified atom stereocenters. The molecule has 0 saturated carbocycles. The van der Waals surface area contributed by atoms with Crippen molar-refractivity contribution in [3.8, 4) is 0 Å². The molecule has 29 heavy (non-hydrogen) atoms. The summed E-state index contributed by atoms with van der Waals surface area (Å²) in [6.45, 7) is 6.28. The number of hydrazine groups is 2. The van der Waals surface area contributed by atoms with E-state index in [1.54, 1.807) is 12.4 Å². The Bertz CT molecular complexity index is 559. The Hall–Kier alpha value is -0.536. The second-order valence-electron chi connectivity index (χ2n) is 6.81. The van der Waals surface area contributed by atoms with Gasteiger partial charge in [0.2, 0.25) is 0 Å². The number of rotatable bonds is 6. The van der Waals surface area contributed by atoms with Crippen LogP contribution in [0.1, 0.15) is 55.5 Å². The molecule has 2 fully saturated rings. The molecular weight excluding hydrogens is 472 g/mol. The molecule has 0 atom stereocenters. The van der Waals surface area contributed by atoms with Gasteiger partial charge in [0.05, 0.1) is 23.8 Å². The topological polar surface area (TPSA) is 68.1 Å². The maximum Gasteiger partial charge on any atom is 0.0841 e. The predicted octanol–water partition coefficient (Wildman–Crippen LogP) is -6.95. The summed E-state index contributed by atoms with van der Waals surface area (Å²) < 4.78 is 0. The van der Waals surface area contributed by atoms with Gasteiger partial charge in [0.1, 0.15) is 0 Å². The van der Waals surface area contributed by atoms with Crippen molar-refractivity contribution in [2.45, 2.75) is 45.4 Å². The minimum absolute atomic E-state index is 0. The van der Waals surface area contributed by atoms with Crippen LogP contribution in [0.5, 0.6) is 0 Å². The van der Waals surface area contributed by atoms with E-state index in [9.17, 15) is 0 Å². The number of aromatic nitrogens is 1. The Labute approximate surface area is 204 Å². The van der Waals surface area contributed by atoms with Crippen LogP contribution in [0, 0.1) is 6.92 Å². The van der Waals surface area contributed by atoms with Gasteiger partial charge in [-0.1, -0.05) is 12.8 Å². The van der Waals surface area contributed by atoms with Crippen LogP contribution in [-0.2, 0) is 18.6 Å². The Morgan fingerprint density at radius 1 is 0.759 bits per heavy atom. The Balaban J connectivity index is 0. The third-order valence-electron chi connectivity index (χ3n) is 4.51.